The molecule has 6 aromatic carbocycles. The first-order valence-electron chi connectivity index (χ1n) is 14.7. The standard InChI is InChI=1S/C40H26N2S/c1-40(2)31-16-6-3-12-25(31)29-21-30-37(22-32(29)40)43-36-20-10-15-28(39(30)36)38-24(23-41)11-9-19-35(38)42-33-17-7-4-13-26(33)27-14-5-8-18-34(27)42/h3-22H,1-2H3. The Bertz CT molecular complexity index is 2450. The number of fused-ring (bicyclic) bond motifs is 9. The van der Waals surface area contributed by atoms with Gasteiger partial charge in [-0.1, -0.05) is 92.7 Å². The largest absolute Gasteiger partial charge is 0.309 e. The molecule has 0 saturated heterocycles. The minimum Gasteiger partial charge on any atom is -0.309 e. The number of aromatic nitrogens is 1. The number of hydrogen-bond acceptors (Lipinski definition) is 2. The maximum Gasteiger partial charge on any atom is 0.0998 e. The molecule has 0 unspecified atom stereocenters. The normalized spacial score (nSPS) is 13.5. The van der Waals surface area contributed by atoms with Gasteiger partial charge < -0.3 is 4.57 Å². The van der Waals surface area contributed by atoms with Gasteiger partial charge in [0, 0.05) is 41.9 Å². The molecule has 8 aromatic rings. The number of nitriles is 1. The van der Waals surface area contributed by atoms with Crippen LogP contribution in [0, 0.1) is 11.3 Å². The fraction of sp³-hybridized carbons (Fsp3) is 0.0750. The van der Waals surface area contributed by atoms with Gasteiger partial charge in [-0.2, -0.15) is 5.26 Å². The van der Waals surface area contributed by atoms with E-state index in [1.54, 1.807) is 0 Å². The van der Waals surface area contributed by atoms with Crippen molar-refractivity contribution in [2.45, 2.75) is 19.3 Å². The van der Waals surface area contributed by atoms with Crippen molar-refractivity contribution >= 4 is 53.3 Å². The third-order valence-electron chi connectivity index (χ3n) is 9.45. The van der Waals surface area contributed by atoms with Crippen molar-refractivity contribution in [1.29, 1.82) is 5.26 Å². The van der Waals surface area contributed by atoms with Crippen LogP contribution in [0.25, 0.3) is 69.9 Å². The number of nitrogens with zero attached hydrogens (tertiary/aromatic N) is 2. The van der Waals surface area contributed by atoms with Crippen molar-refractivity contribution < 1.29 is 0 Å². The van der Waals surface area contributed by atoms with E-state index >= 15 is 0 Å². The van der Waals surface area contributed by atoms with Gasteiger partial charge in [-0.3, -0.25) is 0 Å². The molecule has 0 saturated carbocycles. The third-order valence-corrected chi connectivity index (χ3v) is 10.6. The van der Waals surface area contributed by atoms with Gasteiger partial charge in [0.25, 0.3) is 0 Å². The van der Waals surface area contributed by atoms with Crippen LogP contribution in [0.2, 0.25) is 0 Å². The van der Waals surface area contributed by atoms with Crippen molar-refractivity contribution in [1.82, 2.24) is 4.57 Å². The highest BCUT2D eigenvalue weighted by atomic mass is 32.1. The zero-order chi connectivity index (χ0) is 28.9. The number of para-hydroxylation sites is 2. The Hall–Kier alpha value is -5.17. The fourth-order valence-electron chi connectivity index (χ4n) is 7.51. The van der Waals surface area contributed by atoms with Crippen molar-refractivity contribution in [3.05, 3.63) is 138 Å². The van der Waals surface area contributed by atoms with E-state index < -0.39 is 0 Å². The van der Waals surface area contributed by atoms with Gasteiger partial charge in [0.15, 0.2) is 0 Å². The van der Waals surface area contributed by atoms with Crippen LogP contribution in [0.15, 0.2) is 121 Å². The lowest BCUT2D eigenvalue weighted by Crippen LogP contribution is -2.14. The first-order valence-corrected chi connectivity index (χ1v) is 15.5. The second-order valence-corrected chi connectivity index (χ2v) is 13.1. The Morgan fingerprint density at radius 1 is 0.605 bits per heavy atom. The summed E-state index contributed by atoms with van der Waals surface area (Å²) in [5.74, 6) is 0. The Morgan fingerprint density at radius 3 is 2.05 bits per heavy atom. The first-order chi connectivity index (χ1) is 21.1. The molecule has 0 bridgehead atoms. The van der Waals surface area contributed by atoms with Gasteiger partial charge >= 0.3 is 0 Å². The predicted octanol–water partition coefficient (Wildman–Crippen LogP) is 11.0. The van der Waals surface area contributed by atoms with E-state index in [0.717, 1.165) is 27.8 Å². The Labute approximate surface area is 253 Å². The van der Waals surface area contributed by atoms with Crippen LogP contribution in [0.5, 0.6) is 0 Å². The summed E-state index contributed by atoms with van der Waals surface area (Å²) < 4.78 is 4.86. The van der Waals surface area contributed by atoms with E-state index in [1.807, 2.05) is 23.5 Å². The molecule has 0 radical (unpaired) electrons. The molecule has 0 amide bonds. The number of thiophene rings is 1. The van der Waals surface area contributed by atoms with Gasteiger partial charge in [-0.15, -0.1) is 11.3 Å². The van der Waals surface area contributed by atoms with Gasteiger partial charge in [-0.05, 0) is 70.3 Å². The van der Waals surface area contributed by atoms with Gasteiger partial charge in [0.2, 0.25) is 0 Å². The second-order valence-electron chi connectivity index (χ2n) is 12.0. The summed E-state index contributed by atoms with van der Waals surface area (Å²) in [7, 11) is 0. The summed E-state index contributed by atoms with van der Waals surface area (Å²) in [5.41, 5.74) is 11.4. The lowest BCUT2D eigenvalue weighted by atomic mass is 9.82. The summed E-state index contributed by atoms with van der Waals surface area (Å²) in [5, 5.41) is 15.4. The van der Waals surface area contributed by atoms with E-state index in [0.29, 0.717) is 5.56 Å². The van der Waals surface area contributed by atoms with Crippen molar-refractivity contribution in [3.8, 4) is 34.0 Å². The summed E-state index contributed by atoms with van der Waals surface area (Å²) >= 11 is 1.85. The molecule has 2 heterocycles. The van der Waals surface area contributed by atoms with Crippen LogP contribution in [0.1, 0.15) is 30.5 Å². The van der Waals surface area contributed by atoms with Crippen LogP contribution in [0.4, 0.5) is 0 Å². The monoisotopic (exact) mass is 566 g/mol. The third kappa shape index (κ3) is 3.22. The molecule has 2 nitrogen and oxygen atoms in total. The number of hydrogen-bond donors (Lipinski definition) is 0. The Morgan fingerprint density at radius 2 is 1.28 bits per heavy atom. The lowest BCUT2D eigenvalue weighted by Gasteiger charge is -2.21. The number of benzene rings is 6. The summed E-state index contributed by atoms with van der Waals surface area (Å²) in [6.07, 6.45) is 0. The first kappa shape index (κ1) is 24.4. The smallest absolute Gasteiger partial charge is 0.0998 e. The highest BCUT2D eigenvalue weighted by molar-refractivity contribution is 7.26. The molecule has 0 aliphatic heterocycles. The van der Waals surface area contributed by atoms with Crippen LogP contribution >= 0.6 is 11.3 Å². The van der Waals surface area contributed by atoms with E-state index in [9.17, 15) is 5.26 Å². The molecule has 0 N–H and O–H groups in total. The van der Waals surface area contributed by atoms with Gasteiger partial charge in [0.1, 0.15) is 0 Å². The second kappa shape index (κ2) is 8.67. The minimum atomic E-state index is -0.0454. The Balaban J connectivity index is 1.40. The van der Waals surface area contributed by atoms with Crippen molar-refractivity contribution in [2.24, 2.45) is 0 Å². The van der Waals surface area contributed by atoms with Crippen LogP contribution < -0.4 is 0 Å². The molecule has 1 aliphatic rings. The SMILES string of the molecule is CC1(C)c2ccccc2-c2cc3c(cc21)sc1cccc(-c2c(C#N)cccc2-n2c4ccccc4c4ccccc42)c13. The summed E-state index contributed by atoms with van der Waals surface area (Å²) in [4.78, 5) is 0. The fourth-order valence-corrected chi connectivity index (χ4v) is 8.67. The molecule has 202 valence electrons. The van der Waals surface area contributed by atoms with Crippen LogP contribution in [0.3, 0.4) is 0 Å². The van der Waals surface area contributed by atoms with Gasteiger partial charge in [0.05, 0.1) is 28.4 Å². The van der Waals surface area contributed by atoms with E-state index in [1.165, 1.54) is 53.2 Å². The predicted molar refractivity (Wildman–Crippen MR) is 181 cm³/mol. The molecule has 3 heteroatoms. The van der Waals surface area contributed by atoms with E-state index in [-0.39, 0.29) is 5.41 Å². The summed E-state index contributed by atoms with van der Waals surface area (Å²) in [6.45, 7) is 4.67. The quantitative estimate of drug-likeness (QED) is 0.205. The molecule has 1 aliphatic carbocycles. The van der Waals surface area contributed by atoms with Crippen LogP contribution in [-0.4, -0.2) is 4.57 Å². The number of rotatable bonds is 2. The average molecular weight is 567 g/mol. The van der Waals surface area contributed by atoms with E-state index in [2.05, 4.69) is 134 Å². The molecule has 9 rings (SSSR count). The van der Waals surface area contributed by atoms with E-state index in [4.69, 9.17) is 0 Å². The van der Waals surface area contributed by atoms with Crippen LogP contribution in [-0.2, 0) is 5.41 Å². The molecule has 0 fully saturated rings. The molecule has 43 heavy (non-hydrogen) atoms. The summed E-state index contributed by atoms with van der Waals surface area (Å²) in [6, 6.07) is 46.0. The topological polar surface area (TPSA) is 28.7 Å². The van der Waals surface area contributed by atoms with Crippen molar-refractivity contribution in [2.75, 3.05) is 0 Å². The highest BCUT2D eigenvalue weighted by Crippen LogP contribution is 2.52. The molecule has 2 aromatic heterocycles. The van der Waals surface area contributed by atoms with Crippen molar-refractivity contribution in [3.63, 3.8) is 0 Å². The molecular formula is C40H26N2S. The maximum absolute atomic E-state index is 10.5. The van der Waals surface area contributed by atoms with Gasteiger partial charge in [-0.25, -0.2) is 0 Å². The maximum atomic E-state index is 10.5. The minimum absolute atomic E-state index is 0.0454. The Kier molecular flexibility index (Phi) is 4.93. The average Bonchev–Trinajstić information content (AvgIpc) is 3.65. The molecule has 0 atom stereocenters. The molecular weight excluding hydrogens is 541 g/mol. The zero-order valence-electron chi connectivity index (χ0n) is 23.8. The zero-order valence-corrected chi connectivity index (χ0v) is 24.7. The molecule has 0 spiro atoms. The highest BCUT2D eigenvalue weighted by Gasteiger charge is 2.36. The lowest BCUT2D eigenvalue weighted by molar-refractivity contribution is 0.661.